The van der Waals surface area contributed by atoms with E-state index in [-0.39, 0.29) is 0 Å². The maximum atomic E-state index is 4.93. The lowest BCUT2D eigenvalue weighted by molar-refractivity contribution is 0.912. The molecule has 0 spiro atoms. The summed E-state index contributed by atoms with van der Waals surface area (Å²) in [6.45, 7) is 0. The summed E-state index contributed by atoms with van der Waals surface area (Å²) in [7, 11) is 0. The Balaban J connectivity index is 2.10. The van der Waals surface area contributed by atoms with E-state index < -0.39 is 0 Å². The smallest absolute Gasteiger partial charge is 0.213 e. The molecule has 1 aliphatic rings. The molecule has 0 bridgehead atoms. The van der Waals surface area contributed by atoms with Gasteiger partial charge in [0.1, 0.15) is 0 Å². The van der Waals surface area contributed by atoms with Crippen LogP contribution < -0.4 is 0 Å². The van der Waals surface area contributed by atoms with E-state index in [0.29, 0.717) is 4.77 Å². The molecule has 1 aromatic carbocycles. The summed E-state index contributed by atoms with van der Waals surface area (Å²) in [5, 5.41) is 5.79. The quantitative estimate of drug-likeness (QED) is 0.721. The van der Waals surface area contributed by atoms with Crippen LogP contribution >= 0.6 is 12.2 Å². The monoisotopic (exact) mass is 217 g/mol. The minimum absolute atomic E-state index is 0.505. The summed E-state index contributed by atoms with van der Waals surface area (Å²) >= 11 is 4.93. The molecule has 3 nitrogen and oxygen atoms in total. The SMILES string of the molecule is S=c1nc(-c2ccc3c(c2)CCC3)[nH][nH]1. The molecule has 2 aromatic rings. The zero-order valence-corrected chi connectivity index (χ0v) is 9.03. The van der Waals surface area contributed by atoms with Crippen molar-refractivity contribution >= 4 is 12.2 Å². The van der Waals surface area contributed by atoms with E-state index in [1.807, 2.05) is 0 Å². The lowest BCUT2D eigenvalue weighted by Crippen LogP contribution is -1.86. The number of aromatic amines is 2. The van der Waals surface area contributed by atoms with Crippen molar-refractivity contribution < 1.29 is 0 Å². The van der Waals surface area contributed by atoms with Crippen LogP contribution in [-0.4, -0.2) is 15.2 Å². The van der Waals surface area contributed by atoms with Gasteiger partial charge in [-0.25, -0.2) is 0 Å². The highest BCUT2D eigenvalue weighted by Crippen LogP contribution is 2.26. The van der Waals surface area contributed by atoms with Crippen LogP contribution in [0.25, 0.3) is 11.4 Å². The van der Waals surface area contributed by atoms with Gasteiger partial charge >= 0.3 is 0 Å². The summed E-state index contributed by atoms with van der Waals surface area (Å²) in [6.07, 6.45) is 3.68. The number of nitrogens with one attached hydrogen (secondary N) is 2. The van der Waals surface area contributed by atoms with Gasteiger partial charge in [0.15, 0.2) is 5.82 Å². The van der Waals surface area contributed by atoms with Crippen molar-refractivity contribution in [1.29, 1.82) is 0 Å². The normalized spacial score (nSPS) is 14.1. The molecule has 1 aromatic heterocycles. The highest BCUT2D eigenvalue weighted by Gasteiger charge is 2.12. The molecule has 0 radical (unpaired) electrons. The number of hydrogen-bond donors (Lipinski definition) is 2. The van der Waals surface area contributed by atoms with Crippen molar-refractivity contribution in [3.63, 3.8) is 0 Å². The zero-order chi connectivity index (χ0) is 10.3. The van der Waals surface area contributed by atoms with Crippen LogP contribution in [0.4, 0.5) is 0 Å². The predicted molar refractivity (Wildman–Crippen MR) is 61.2 cm³/mol. The molecule has 3 rings (SSSR count). The van der Waals surface area contributed by atoms with Crippen LogP contribution in [0, 0.1) is 4.77 Å². The molecule has 2 N–H and O–H groups in total. The molecule has 4 heteroatoms. The highest BCUT2D eigenvalue weighted by molar-refractivity contribution is 7.71. The number of fused-ring (bicyclic) bond motifs is 1. The van der Waals surface area contributed by atoms with Gasteiger partial charge in [0.05, 0.1) is 0 Å². The minimum Gasteiger partial charge on any atom is -0.282 e. The second-order valence-electron chi connectivity index (χ2n) is 3.85. The molecule has 0 saturated carbocycles. The number of aromatic nitrogens is 3. The lowest BCUT2D eigenvalue weighted by atomic mass is 10.1. The minimum atomic E-state index is 0.505. The Labute approximate surface area is 92.6 Å². The molecular formula is C11H11N3S. The maximum absolute atomic E-state index is 4.93. The fourth-order valence-corrected chi connectivity index (χ4v) is 2.27. The Morgan fingerprint density at radius 1 is 1.13 bits per heavy atom. The van der Waals surface area contributed by atoms with Gasteiger partial charge in [0.2, 0.25) is 4.77 Å². The van der Waals surface area contributed by atoms with Crippen LogP contribution in [0.1, 0.15) is 17.5 Å². The summed E-state index contributed by atoms with van der Waals surface area (Å²) < 4.78 is 0.505. The molecule has 0 fully saturated rings. The third kappa shape index (κ3) is 1.51. The average Bonchev–Trinajstić information content (AvgIpc) is 2.84. The standard InChI is InChI=1S/C11H11N3S/c15-11-12-10(13-14-11)9-5-4-7-2-1-3-8(7)6-9/h4-6H,1-3H2,(H2,12,13,14,15). The highest BCUT2D eigenvalue weighted by atomic mass is 32.1. The summed E-state index contributed by atoms with van der Waals surface area (Å²) in [4.78, 5) is 4.21. The van der Waals surface area contributed by atoms with Crippen molar-refractivity contribution in [1.82, 2.24) is 15.2 Å². The topological polar surface area (TPSA) is 44.5 Å². The van der Waals surface area contributed by atoms with E-state index in [0.717, 1.165) is 11.4 Å². The van der Waals surface area contributed by atoms with Gasteiger partial charge in [-0.15, -0.1) is 0 Å². The van der Waals surface area contributed by atoms with Gasteiger partial charge in [0.25, 0.3) is 0 Å². The Bertz CT molecular complexity index is 553. The molecule has 0 unspecified atom stereocenters. The van der Waals surface area contributed by atoms with Crippen molar-refractivity contribution in [3.05, 3.63) is 34.1 Å². The summed E-state index contributed by atoms with van der Waals surface area (Å²) in [6, 6.07) is 6.51. The van der Waals surface area contributed by atoms with Gasteiger partial charge < -0.3 is 0 Å². The second-order valence-corrected chi connectivity index (χ2v) is 4.24. The van der Waals surface area contributed by atoms with E-state index in [9.17, 15) is 0 Å². The molecule has 76 valence electrons. The van der Waals surface area contributed by atoms with Crippen LogP contribution in [0.15, 0.2) is 18.2 Å². The Kier molecular flexibility index (Phi) is 1.95. The largest absolute Gasteiger partial charge is 0.282 e. The first-order valence-electron chi connectivity index (χ1n) is 5.10. The van der Waals surface area contributed by atoms with Crippen molar-refractivity contribution in [2.45, 2.75) is 19.3 Å². The maximum Gasteiger partial charge on any atom is 0.213 e. The van der Waals surface area contributed by atoms with Gasteiger partial charge in [-0.3, -0.25) is 10.2 Å². The van der Waals surface area contributed by atoms with Crippen molar-refractivity contribution in [2.24, 2.45) is 0 Å². The van der Waals surface area contributed by atoms with E-state index in [1.54, 1.807) is 0 Å². The average molecular weight is 217 g/mol. The van der Waals surface area contributed by atoms with E-state index in [1.165, 1.54) is 30.4 Å². The molecule has 15 heavy (non-hydrogen) atoms. The molecule has 0 amide bonds. The molecule has 1 aliphatic carbocycles. The van der Waals surface area contributed by atoms with Gasteiger partial charge in [-0.2, -0.15) is 4.98 Å². The van der Waals surface area contributed by atoms with Crippen LogP contribution in [0.2, 0.25) is 0 Å². The van der Waals surface area contributed by atoms with Gasteiger partial charge in [0, 0.05) is 5.56 Å². The third-order valence-electron chi connectivity index (χ3n) is 2.87. The van der Waals surface area contributed by atoms with Crippen molar-refractivity contribution in [2.75, 3.05) is 0 Å². The van der Waals surface area contributed by atoms with Crippen LogP contribution in [0.5, 0.6) is 0 Å². The van der Waals surface area contributed by atoms with E-state index in [2.05, 4.69) is 33.4 Å². The van der Waals surface area contributed by atoms with Gasteiger partial charge in [-0.05, 0) is 48.7 Å². The Morgan fingerprint density at radius 2 is 2.00 bits per heavy atom. The lowest BCUT2D eigenvalue weighted by Gasteiger charge is -2.01. The molecule has 0 saturated heterocycles. The fraction of sp³-hybridized carbons (Fsp3) is 0.273. The fourth-order valence-electron chi connectivity index (χ4n) is 2.13. The molecular weight excluding hydrogens is 206 g/mol. The first kappa shape index (κ1) is 8.85. The summed E-state index contributed by atoms with van der Waals surface area (Å²) in [5.74, 6) is 0.828. The molecule has 0 aliphatic heterocycles. The zero-order valence-electron chi connectivity index (χ0n) is 8.21. The summed E-state index contributed by atoms with van der Waals surface area (Å²) in [5.41, 5.74) is 4.05. The number of nitrogens with zero attached hydrogens (tertiary/aromatic N) is 1. The first-order chi connectivity index (χ1) is 7.33. The number of rotatable bonds is 1. The van der Waals surface area contributed by atoms with Crippen LogP contribution in [-0.2, 0) is 12.8 Å². The Morgan fingerprint density at radius 3 is 2.80 bits per heavy atom. The third-order valence-corrected chi connectivity index (χ3v) is 3.07. The Hall–Kier alpha value is -1.42. The van der Waals surface area contributed by atoms with E-state index in [4.69, 9.17) is 12.2 Å². The van der Waals surface area contributed by atoms with Crippen LogP contribution in [0.3, 0.4) is 0 Å². The van der Waals surface area contributed by atoms with Crippen molar-refractivity contribution in [3.8, 4) is 11.4 Å². The molecule has 1 heterocycles. The first-order valence-corrected chi connectivity index (χ1v) is 5.50. The number of benzene rings is 1. The number of hydrogen-bond acceptors (Lipinski definition) is 2. The molecule has 0 atom stereocenters. The second kappa shape index (κ2) is 3.31. The van der Waals surface area contributed by atoms with E-state index >= 15 is 0 Å². The van der Waals surface area contributed by atoms with Gasteiger partial charge in [-0.1, -0.05) is 12.1 Å². The number of aryl methyl sites for hydroxylation is 2. The number of H-pyrrole nitrogens is 2. The predicted octanol–water partition coefficient (Wildman–Crippen LogP) is 2.62.